The average Bonchev–Trinajstić information content (AvgIpc) is 2.03. The van der Waals surface area contributed by atoms with Crippen molar-refractivity contribution in [1.82, 2.24) is 10.2 Å². The molecule has 0 aromatic carbocycles. The second kappa shape index (κ2) is 3.08. The van der Waals surface area contributed by atoms with Crippen LogP contribution in [0.5, 0.6) is 0 Å². The molecule has 0 atom stereocenters. The molecule has 0 bridgehead atoms. The number of hydrogen-bond acceptors (Lipinski definition) is 2. The Labute approximate surface area is 67.4 Å². The van der Waals surface area contributed by atoms with E-state index in [0.717, 1.165) is 12.4 Å². The molecule has 0 aliphatic rings. The van der Waals surface area contributed by atoms with Gasteiger partial charge in [0.1, 0.15) is 0 Å². The highest BCUT2D eigenvalue weighted by Crippen LogP contribution is 2.30. The lowest BCUT2D eigenvalue weighted by atomic mass is 10.1. The van der Waals surface area contributed by atoms with E-state index in [2.05, 4.69) is 10.2 Å². The minimum atomic E-state index is -4.32. The molecule has 0 unspecified atom stereocenters. The van der Waals surface area contributed by atoms with Gasteiger partial charge in [-0.15, -0.1) is 0 Å². The normalized spacial score (nSPS) is 11.7. The third-order valence-corrected chi connectivity index (χ3v) is 1.50. The first kappa shape index (κ1) is 8.96. The van der Waals surface area contributed by atoms with Crippen molar-refractivity contribution in [3.63, 3.8) is 0 Å². The Morgan fingerprint density at radius 2 is 1.83 bits per heavy atom. The summed E-state index contributed by atoms with van der Waals surface area (Å²) >= 11 is 0. The van der Waals surface area contributed by atoms with Crippen molar-refractivity contribution in [2.24, 2.45) is 0 Å². The van der Waals surface area contributed by atoms with E-state index in [4.69, 9.17) is 0 Å². The fraction of sp³-hybridized carbons (Fsp3) is 0.429. The monoisotopic (exact) mass is 176 g/mol. The fourth-order valence-electron chi connectivity index (χ4n) is 0.884. The molecule has 0 radical (unpaired) electrons. The first-order chi connectivity index (χ1) is 5.55. The van der Waals surface area contributed by atoms with Crippen LogP contribution >= 0.6 is 0 Å². The molecule has 1 heterocycles. The van der Waals surface area contributed by atoms with Gasteiger partial charge in [-0.1, -0.05) is 6.92 Å². The maximum atomic E-state index is 12.2. The standard InChI is InChI=1S/C7H7F3N2/c1-2-5-3-11-12-4-6(5)7(8,9)10/h3-4H,2H2,1H3. The van der Waals surface area contributed by atoms with E-state index in [1.165, 1.54) is 0 Å². The van der Waals surface area contributed by atoms with Crippen LogP contribution in [0.25, 0.3) is 0 Å². The van der Waals surface area contributed by atoms with Gasteiger partial charge in [0.05, 0.1) is 18.0 Å². The van der Waals surface area contributed by atoms with E-state index in [-0.39, 0.29) is 5.56 Å². The maximum absolute atomic E-state index is 12.2. The minimum Gasteiger partial charge on any atom is -0.166 e. The number of aromatic nitrogens is 2. The maximum Gasteiger partial charge on any atom is 0.418 e. The zero-order chi connectivity index (χ0) is 9.19. The summed E-state index contributed by atoms with van der Waals surface area (Å²) in [5, 5.41) is 6.57. The van der Waals surface area contributed by atoms with Gasteiger partial charge in [0.15, 0.2) is 0 Å². The zero-order valence-electron chi connectivity index (χ0n) is 6.39. The summed E-state index contributed by atoms with van der Waals surface area (Å²) in [5.41, 5.74) is -0.516. The lowest BCUT2D eigenvalue weighted by Crippen LogP contribution is -2.09. The minimum absolute atomic E-state index is 0.178. The summed E-state index contributed by atoms with van der Waals surface area (Å²) in [5.74, 6) is 0. The van der Waals surface area contributed by atoms with Gasteiger partial charge >= 0.3 is 6.18 Å². The molecule has 0 spiro atoms. The van der Waals surface area contributed by atoms with Crippen molar-refractivity contribution in [3.05, 3.63) is 23.5 Å². The Hall–Kier alpha value is -1.13. The number of hydrogen-bond donors (Lipinski definition) is 0. The van der Waals surface area contributed by atoms with Crippen LogP contribution in [0.3, 0.4) is 0 Å². The van der Waals surface area contributed by atoms with Crippen molar-refractivity contribution in [1.29, 1.82) is 0 Å². The summed E-state index contributed by atoms with van der Waals surface area (Å²) in [6, 6.07) is 0. The van der Waals surface area contributed by atoms with Gasteiger partial charge < -0.3 is 0 Å². The first-order valence-corrected chi connectivity index (χ1v) is 3.42. The Morgan fingerprint density at radius 1 is 1.25 bits per heavy atom. The second-order valence-corrected chi connectivity index (χ2v) is 2.28. The number of aryl methyl sites for hydroxylation is 1. The van der Waals surface area contributed by atoms with Gasteiger partial charge in [-0.05, 0) is 12.0 Å². The van der Waals surface area contributed by atoms with Gasteiger partial charge in [-0.3, -0.25) is 0 Å². The van der Waals surface area contributed by atoms with Crippen molar-refractivity contribution in [3.8, 4) is 0 Å². The Kier molecular flexibility index (Phi) is 2.30. The highest BCUT2D eigenvalue weighted by molar-refractivity contribution is 5.23. The van der Waals surface area contributed by atoms with Crippen molar-refractivity contribution in [2.45, 2.75) is 19.5 Å². The summed E-state index contributed by atoms with van der Waals surface area (Å²) in [6.45, 7) is 1.65. The number of halogens is 3. The summed E-state index contributed by atoms with van der Waals surface area (Å²) in [6.07, 6.45) is -2.12. The predicted octanol–water partition coefficient (Wildman–Crippen LogP) is 2.06. The molecule has 1 aromatic heterocycles. The molecule has 2 nitrogen and oxygen atoms in total. The molecule has 0 saturated heterocycles. The number of rotatable bonds is 1. The molecule has 0 fully saturated rings. The van der Waals surface area contributed by atoms with Crippen LogP contribution in [-0.4, -0.2) is 10.2 Å². The molecule has 0 amide bonds. The quantitative estimate of drug-likeness (QED) is 0.654. The van der Waals surface area contributed by atoms with Crippen LogP contribution in [0.4, 0.5) is 13.2 Å². The third-order valence-electron chi connectivity index (χ3n) is 1.50. The summed E-state index contributed by atoms with van der Waals surface area (Å²) in [4.78, 5) is 0. The lowest BCUT2D eigenvalue weighted by molar-refractivity contribution is -0.138. The highest BCUT2D eigenvalue weighted by Gasteiger charge is 2.33. The molecular formula is C7H7F3N2. The lowest BCUT2D eigenvalue weighted by Gasteiger charge is -2.08. The fourth-order valence-corrected chi connectivity index (χ4v) is 0.884. The van der Waals surface area contributed by atoms with E-state index in [9.17, 15) is 13.2 Å². The van der Waals surface area contributed by atoms with Gasteiger partial charge in [-0.2, -0.15) is 23.4 Å². The van der Waals surface area contributed by atoms with Crippen molar-refractivity contribution >= 4 is 0 Å². The smallest absolute Gasteiger partial charge is 0.166 e. The Balaban J connectivity index is 3.14. The van der Waals surface area contributed by atoms with E-state index < -0.39 is 11.7 Å². The van der Waals surface area contributed by atoms with Crippen LogP contribution in [0.1, 0.15) is 18.1 Å². The van der Waals surface area contributed by atoms with Gasteiger partial charge in [0, 0.05) is 0 Å². The van der Waals surface area contributed by atoms with Gasteiger partial charge in [0.2, 0.25) is 0 Å². The average molecular weight is 176 g/mol. The van der Waals surface area contributed by atoms with Crippen LogP contribution in [0.15, 0.2) is 12.4 Å². The van der Waals surface area contributed by atoms with E-state index in [1.54, 1.807) is 6.92 Å². The molecule has 0 aliphatic carbocycles. The summed E-state index contributed by atoms with van der Waals surface area (Å²) in [7, 11) is 0. The molecule has 12 heavy (non-hydrogen) atoms. The van der Waals surface area contributed by atoms with Crippen LogP contribution < -0.4 is 0 Å². The molecule has 5 heteroatoms. The van der Waals surface area contributed by atoms with Crippen LogP contribution in [0, 0.1) is 0 Å². The molecule has 0 saturated carbocycles. The van der Waals surface area contributed by atoms with E-state index >= 15 is 0 Å². The molecule has 1 rings (SSSR count). The SMILES string of the molecule is CCc1cnncc1C(F)(F)F. The van der Waals surface area contributed by atoms with Crippen molar-refractivity contribution in [2.75, 3.05) is 0 Å². The molecule has 1 aromatic rings. The molecular weight excluding hydrogens is 169 g/mol. The first-order valence-electron chi connectivity index (χ1n) is 3.42. The topological polar surface area (TPSA) is 25.8 Å². The Bertz CT molecular complexity index is 270. The van der Waals surface area contributed by atoms with Crippen molar-refractivity contribution < 1.29 is 13.2 Å². The largest absolute Gasteiger partial charge is 0.418 e. The number of nitrogens with zero attached hydrogens (tertiary/aromatic N) is 2. The molecule has 0 N–H and O–H groups in total. The zero-order valence-corrected chi connectivity index (χ0v) is 6.39. The highest BCUT2D eigenvalue weighted by atomic mass is 19.4. The predicted molar refractivity (Wildman–Crippen MR) is 36.4 cm³/mol. The Morgan fingerprint density at radius 3 is 2.25 bits per heavy atom. The van der Waals surface area contributed by atoms with Crippen LogP contribution in [0.2, 0.25) is 0 Å². The van der Waals surface area contributed by atoms with Crippen LogP contribution in [-0.2, 0) is 12.6 Å². The van der Waals surface area contributed by atoms with E-state index in [0.29, 0.717) is 6.42 Å². The second-order valence-electron chi connectivity index (χ2n) is 2.28. The third kappa shape index (κ3) is 1.72. The van der Waals surface area contributed by atoms with E-state index in [1.807, 2.05) is 0 Å². The molecule has 66 valence electrons. The van der Waals surface area contributed by atoms with Gasteiger partial charge in [0.25, 0.3) is 0 Å². The number of alkyl halides is 3. The molecule has 0 aliphatic heterocycles. The summed E-state index contributed by atoms with van der Waals surface area (Å²) < 4.78 is 36.5. The van der Waals surface area contributed by atoms with Gasteiger partial charge in [-0.25, -0.2) is 0 Å².